The van der Waals surface area contributed by atoms with E-state index in [0.717, 1.165) is 31.6 Å². The summed E-state index contributed by atoms with van der Waals surface area (Å²) in [5.41, 5.74) is 3.11. The molecule has 36 heavy (non-hydrogen) atoms. The van der Waals surface area contributed by atoms with Crippen molar-refractivity contribution in [3.05, 3.63) is 83.0 Å². The number of ether oxygens (including phenoxy) is 1. The summed E-state index contributed by atoms with van der Waals surface area (Å²) in [7, 11) is 0. The van der Waals surface area contributed by atoms with E-state index >= 15 is 0 Å². The Hall–Kier alpha value is -4.22. The molecule has 0 aliphatic heterocycles. The second kappa shape index (κ2) is 11.0. The van der Waals surface area contributed by atoms with Crippen LogP contribution in [0.1, 0.15) is 6.92 Å². The quantitative estimate of drug-likeness (QED) is 0.158. The molecule has 0 unspecified atom stereocenters. The minimum absolute atomic E-state index is 0.0876. The summed E-state index contributed by atoms with van der Waals surface area (Å²) in [5.74, 6) is 0.0761. The van der Waals surface area contributed by atoms with Crippen molar-refractivity contribution in [1.82, 2.24) is 4.98 Å². The van der Waals surface area contributed by atoms with Crippen LogP contribution >= 0.6 is 23.1 Å². The molecule has 4 aromatic rings. The number of hydrogen-bond acceptors (Lipinski definition) is 8. The molecule has 0 atom stereocenters. The van der Waals surface area contributed by atoms with E-state index in [4.69, 9.17) is 4.74 Å². The average Bonchev–Trinajstić information content (AvgIpc) is 3.34. The van der Waals surface area contributed by atoms with Crippen molar-refractivity contribution in [3.63, 3.8) is 0 Å². The number of nitro benzene ring substituents is 1. The summed E-state index contributed by atoms with van der Waals surface area (Å²) in [6.07, 6.45) is 3.10. The number of carbonyl (C=O) groups excluding carboxylic acids is 2. The molecule has 9 nitrogen and oxygen atoms in total. The number of nitrogens with one attached hydrogen (secondary N) is 2. The number of benzene rings is 3. The van der Waals surface area contributed by atoms with Crippen molar-refractivity contribution in [2.24, 2.45) is 0 Å². The molecular formula is C25H20N4O5S2. The first kappa shape index (κ1) is 24.9. The van der Waals surface area contributed by atoms with E-state index in [1.54, 1.807) is 35.2 Å². The van der Waals surface area contributed by atoms with Gasteiger partial charge in [0.15, 0.2) is 0 Å². The standard InChI is InChI=1S/C25H20N4O5S2/c1-15(30)27-18-7-12-21(22(13-18)35-2)23-14-26-24(36-23)16-3-5-17(6-4-16)28-25(31)34-20-10-8-19(9-11-20)29(32)33/h3-14H,1-2H3,(H,27,30)(H,28,31). The van der Waals surface area contributed by atoms with Crippen molar-refractivity contribution in [3.8, 4) is 26.8 Å². The fourth-order valence-electron chi connectivity index (χ4n) is 3.29. The highest BCUT2D eigenvalue weighted by atomic mass is 32.2. The number of aromatic nitrogens is 1. The van der Waals surface area contributed by atoms with Gasteiger partial charge in [0.2, 0.25) is 5.91 Å². The SMILES string of the molecule is CSc1cc(NC(C)=O)ccc1-c1cnc(-c2ccc(NC(=O)Oc3ccc([N+](=O)[O-])cc3)cc2)s1. The van der Waals surface area contributed by atoms with E-state index in [-0.39, 0.29) is 17.3 Å². The Morgan fingerprint density at radius 3 is 2.33 bits per heavy atom. The van der Waals surface area contributed by atoms with Gasteiger partial charge in [-0.3, -0.25) is 20.2 Å². The largest absolute Gasteiger partial charge is 0.417 e. The Labute approximate surface area is 214 Å². The fourth-order valence-corrected chi connectivity index (χ4v) is 4.96. The third-order valence-electron chi connectivity index (χ3n) is 4.93. The van der Waals surface area contributed by atoms with E-state index in [1.807, 2.05) is 42.8 Å². The lowest BCUT2D eigenvalue weighted by Crippen LogP contribution is -2.16. The van der Waals surface area contributed by atoms with Crippen molar-refractivity contribution < 1.29 is 19.2 Å². The molecule has 0 saturated heterocycles. The molecule has 11 heteroatoms. The van der Waals surface area contributed by atoms with Crippen LogP contribution in [0.5, 0.6) is 5.75 Å². The summed E-state index contributed by atoms with van der Waals surface area (Å²) < 4.78 is 5.16. The van der Waals surface area contributed by atoms with E-state index < -0.39 is 11.0 Å². The Kier molecular flexibility index (Phi) is 7.62. The van der Waals surface area contributed by atoms with Crippen LogP contribution in [0.4, 0.5) is 21.9 Å². The lowest BCUT2D eigenvalue weighted by Gasteiger charge is -2.09. The normalized spacial score (nSPS) is 10.5. The maximum atomic E-state index is 12.2. The molecule has 0 radical (unpaired) electrons. The van der Waals surface area contributed by atoms with Crippen LogP contribution in [0.2, 0.25) is 0 Å². The van der Waals surface area contributed by atoms with E-state index in [0.29, 0.717) is 5.69 Å². The summed E-state index contributed by atoms with van der Waals surface area (Å²) in [6.45, 7) is 1.48. The topological polar surface area (TPSA) is 123 Å². The number of hydrogen-bond donors (Lipinski definition) is 2. The van der Waals surface area contributed by atoms with Gasteiger partial charge in [-0.15, -0.1) is 23.1 Å². The van der Waals surface area contributed by atoms with Crippen molar-refractivity contribution in [2.75, 3.05) is 16.9 Å². The fraction of sp³-hybridized carbons (Fsp3) is 0.0800. The van der Waals surface area contributed by atoms with Crippen molar-refractivity contribution in [1.29, 1.82) is 0 Å². The number of amides is 2. The first-order chi connectivity index (χ1) is 17.3. The molecule has 0 aliphatic carbocycles. The Morgan fingerprint density at radius 2 is 1.69 bits per heavy atom. The second-order valence-corrected chi connectivity index (χ2v) is 9.35. The van der Waals surface area contributed by atoms with Gasteiger partial charge in [0.1, 0.15) is 10.8 Å². The molecule has 0 fully saturated rings. The van der Waals surface area contributed by atoms with Crippen molar-refractivity contribution in [2.45, 2.75) is 11.8 Å². The predicted octanol–water partition coefficient (Wildman–Crippen LogP) is 6.68. The summed E-state index contributed by atoms with van der Waals surface area (Å²) in [5, 5.41) is 17.0. The molecule has 0 saturated carbocycles. The van der Waals surface area contributed by atoms with Crippen LogP contribution in [-0.2, 0) is 4.79 Å². The minimum Gasteiger partial charge on any atom is -0.410 e. The number of carbonyl (C=O) groups is 2. The average molecular weight is 521 g/mol. The lowest BCUT2D eigenvalue weighted by molar-refractivity contribution is -0.384. The van der Waals surface area contributed by atoms with Crippen LogP contribution in [-0.4, -0.2) is 28.2 Å². The number of nitrogens with zero attached hydrogens (tertiary/aromatic N) is 2. The lowest BCUT2D eigenvalue weighted by atomic mass is 10.2. The molecule has 2 amide bonds. The third kappa shape index (κ3) is 6.06. The first-order valence-electron chi connectivity index (χ1n) is 10.6. The summed E-state index contributed by atoms with van der Waals surface area (Å²) in [6, 6.07) is 18.2. The molecule has 4 rings (SSSR count). The van der Waals surface area contributed by atoms with Crippen LogP contribution in [0.3, 0.4) is 0 Å². The zero-order valence-corrected chi connectivity index (χ0v) is 20.8. The van der Waals surface area contributed by atoms with Crippen molar-refractivity contribution >= 4 is 52.2 Å². The van der Waals surface area contributed by atoms with Crippen LogP contribution in [0.25, 0.3) is 21.0 Å². The zero-order valence-electron chi connectivity index (χ0n) is 19.2. The third-order valence-corrected chi connectivity index (χ3v) is 6.79. The maximum absolute atomic E-state index is 12.2. The van der Waals surface area contributed by atoms with Gasteiger partial charge in [0.25, 0.3) is 5.69 Å². The molecule has 0 spiro atoms. The highest BCUT2D eigenvalue weighted by Gasteiger charge is 2.13. The number of thiazole rings is 1. The highest BCUT2D eigenvalue weighted by Crippen LogP contribution is 2.38. The van der Waals surface area contributed by atoms with Crippen LogP contribution in [0.15, 0.2) is 77.8 Å². The number of nitro groups is 1. The molecule has 2 N–H and O–H groups in total. The predicted molar refractivity (Wildman–Crippen MR) is 142 cm³/mol. The maximum Gasteiger partial charge on any atom is 0.417 e. The molecule has 1 heterocycles. The molecule has 1 aromatic heterocycles. The summed E-state index contributed by atoms with van der Waals surface area (Å²) in [4.78, 5) is 40.3. The van der Waals surface area contributed by atoms with Crippen LogP contribution in [0, 0.1) is 10.1 Å². The Morgan fingerprint density at radius 1 is 1.00 bits per heavy atom. The monoisotopic (exact) mass is 520 g/mol. The van der Waals surface area contributed by atoms with Crippen LogP contribution < -0.4 is 15.4 Å². The second-order valence-electron chi connectivity index (χ2n) is 7.47. The van der Waals surface area contributed by atoms with Gasteiger partial charge in [0.05, 0.1) is 9.80 Å². The molecule has 182 valence electrons. The highest BCUT2D eigenvalue weighted by molar-refractivity contribution is 7.98. The van der Waals surface area contributed by atoms with Gasteiger partial charge in [-0.05, 0) is 54.8 Å². The number of anilines is 2. The van der Waals surface area contributed by atoms with E-state index in [2.05, 4.69) is 15.6 Å². The number of thioether (sulfide) groups is 1. The smallest absolute Gasteiger partial charge is 0.410 e. The molecule has 0 bridgehead atoms. The van der Waals surface area contributed by atoms with Gasteiger partial charge >= 0.3 is 6.09 Å². The zero-order chi connectivity index (χ0) is 25.7. The van der Waals surface area contributed by atoms with Gasteiger partial charge < -0.3 is 10.1 Å². The van der Waals surface area contributed by atoms with E-state index in [1.165, 1.54) is 31.2 Å². The van der Waals surface area contributed by atoms with Gasteiger partial charge in [-0.25, -0.2) is 9.78 Å². The number of non-ortho nitro benzene ring substituents is 1. The van der Waals surface area contributed by atoms with E-state index in [9.17, 15) is 19.7 Å². The summed E-state index contributed by atoms with van der Waals surface area (Å²) >= 11 is 3.13. The van der Waals surface area contributed by atoms with Gasteiger partial charge in [-0.1, -0.05) is 6.07 Å². The first-order valence-corrected chi connectivity index (χ1v) is 12.6. The van der Waals surface area contributed by atoms with Gasteiger partial charge in [0, 0.05) is 52.7 Å². The molecular weight excluding hydrogens is 500 g/mol. The minimum atomic E-state index is -0.708. The molecule has 0 aliphatic rings. The Balaban J connectivity index is 1.43. The van der Waals surface area contributed by atoms with Gasteiger partial charge in [-0.2, -0.15) is 0 Å². The number of rotatable bonds is 7. The Bertz CT molecular complexity index is 1420. The molecule has 3 aromatic carbocycles.